The van der Waals surface area contributed by atoms with Gasteiger partial charge in [0, 0.05) is 88.6 Å². The number of nitrogens with one attached hydrogen (secondary N) is 5. The van der Waals surface area contributed by atoms with Gasteiger partial charge < -0.3 is 45.9 Å². The first-order valence-corrected chi connectivity index (χ1v) is 25.0. The van der Waals surface area contributed by atoms with Gasteiger partial charge in [0.25, 0.3) is 0 Å². The van der Waals surface area contributed by atoms with Gasteiger partial charge in [0.1, 0.15) is 18.2 Å². The largest absolute Gasteiger partial charge is 0.416 e. The average Bonchev–Trinajstić information content (AvgIpc) is 3.86. The number of fused-ring (bicyclic) bond motifs is 1. The van der Waals surface area contributed by atoms with Crippen LogP contribution in [0.25, 0.3) is 10.9 Å². The number of carbonyl (C=O) groups is 5. The van der Waals surface area contributed by atoms with Crippen molar-refractivity contribution in [2.24, 2.45) is 17.8 Å². The Kier molecular flexibility index (Phi) is 18.4. The van der Waals surface area contributed by atoms with E-state index < -0.39 is 23.7 Å². The van der Waals surface area contributed by atoms with Crippen LogP contribution in [0.5, 0.6) is 0 Å². The molecule has 20 heteroatoms. The maximum Gasteiger partial charge on any atom is 0.416 e. The third-order valence-electron chi connectivity index (χ3n) is 14.1. The summed E-state index contributed by atoms with van der Waals surface area (Å²) in [4.78, 5) is 82.0. The zero-order valence-electron chi connectivity index (χ0n) is 40.5. The van der Waals surface area contributed by atoms with Crippen molar-refractivity contribution < 1.29 is 46.6 Å². The number of hydrogen-bond acceptors (Lipinski definition) is 12. The molecule has 2 saturated carbocycles. The van der Waals surface area contributed by atoms with E-state index >= 15 is 0 Å². The molecule has 0 unspecified atom stereocenters. The lowest BCUT2D eigenvalue weighted by Crippen LogP contribution is -2.59. The summed E-state index contributed by atoms with van der Waals surface area (Å²) >= 11 is 0. The summed E-state index contributed by atoms with van der Waals surface area (Å²) < 4.78 is 52.1. The Balaban J connectivity index is 0.782. The second-order valence-corrected chi connectivity index (χ2v) is 19.6. The highest BCUT2D eigenvalue weighted by Crippen LogP contribution is 2.37. The standard InChI is InChI=1S/C50H69F3N10O7/c1-31(2)28-56-36-13-15-42(63-20-16-40(49(63)68)60-46-37-25-34(50(51,52)53)10-14-39(37)57-30-58-46)41(26-36)61-47(66)32-8-11-35(12-9-32)59-43(64)17-24-70-23-6-22-69-21-5-19-55-48(67)38-27-44(65)62(3)45(38)33-7-4-18-54-29-33/h4,7,10,14,18,25,29-32,35-36,38,40-42,45,56H,5-6,8-9,11-13,15-17,19-24,26-28H2,1-3H3,(H,55,67)(H,59,64)(H,61,66)(H,57,58,60)/t32?,35?,36-,38+,40+,41-,42+,45-/m1/s1. The lowest BCUT2D eigenvalue weighted by molar-refractivity contribution is -0.137. The molecule has 5 N–H and O–H groups in total. The Morgan fingerprint density at radius 3 is 2.39 bits per heavy atom. The van der Waals surface area contributed by atoms with Crippen molar-refractivity contribution >= 4 is 46.3 Å². The SMILES string of the molecule is CC(C)CN[C@@H]1CC[C@H](N2CC[C@H](Nc3ncnc4ccc(C(F)(F)F)cc34)C2=O)[C@H](NC(=O)C2CCC(NC(=O)CCOCCCOCCCNC(=O)[C@H]3CC(=O)N(C)[C@@H]3c3cccnc3)CC2)C1. The Morgan fingerprint density at radius 1 is 0.886 bits per heavy atom. The molecule has 2 aliphatic heterocycles. The van der Waals surface area contributed by atoms with Gasteiger partial charge in [-0.3, -0.25) is 29.0 Å². The molecule has 0 bridgehead atoms. The normalized spacial score (nSPS) is 25.1. The maximum absolute atomic E-state index is 14.0. The smallest absolute Gasteiger partial charge is 0.381 e. The van der Waals surface area contributed by atoms with Crippen LogP contribution in [0.2, 0.25) is 0 Å². The van der Waals surface area contributed by atoms with Crippen LogP contribution in [0.15, 0.2) is 49.1 Å². The number of alkyl halides is 3. The second kappa shape index (κ2) is 24.6. The summed E-state index contributed by atoms with van der Waals surface area (Å²) in [7, 11) is 1.71. The number of anilines is 1. The highest BCUT2D eigenvalue weighted by atomic mass is 19.4. The van der Waals surface area contributed by atoms with Gasteiger partial charge in [-0.15, -0.1) is 0 Å². The highest BCUT2D eigenvalue weighted by molar-refractivity contribution is 5.93. The number of halogens is 3. The molecule has 2 saturated heterocycles. The fourth-order valence-corrected chi connectivity index (χ4v) is 10.3. The van der Waals surface area contributed by atoms with Gasteiger partial charge in [-0.25, -0.2) is 9.97 Å². The van der Waals surface area contributed by atoms with Crippen molar-refractivity contribution in [1.82, 2.24) is 46.0 Å². The van der Waals surface area contributed by atoms with Gasteiger partial charge in [-0.2, -0.15) is 13.2 Å². The van der Waals surface area contributed by atoms with E-state index in [0.29, 0.717) is 102 Å². The summed E-state index contributed by atoms with van der Waals surface area (Å²) in [6, 6.07) is 5.50. The monoisotopic (exact) mass is 979 g/mol. The van der Waals surface area contributed by atoms with Gasteiger partial charge in [-0.1, -0.05) is 19.9 Å². The first-order chi connectivity index (χ1) is 33.7. The quantitative estimate of drug-likeness (QED) is 0.0851. The summed E-state index contributed by atoms with van der Waals surface area (Å²) in [5.41, 5.74) is 0.343. The molecule has 3 aromatic rings. The first kappa shape index (κ1) is 52.4. The van der Waals surface area contributed by atoms with Crippen LogP contribution in [-0.4, -0.2) is 138 Å². The van der Waals surface area contributed by atoms with E-state index in [2.05, 4.69) is 55.4 Å². The lowest BCUT2D eigenvalue weighted by Gasteiger charge is -2.42. The molecule has 6 atom stereocenters. The van der Waals surface area contributed by atoms with Crippen LogP contribution in [0, 0.1) is 17.8 Å². The van der Waals surface area contributed by atoms with Crippen molar-refractivity contribution in [2.75, 3.05) is 58.4 Å². The molecule has 1 aromatic carbocycles. The molecular formula is C50H69F3N10O7. The van der Waals surface area contributed by atoms with Crippen LogP contribution < -0.4 is 26.6 Å². The summed E-state index contributed by atoms with van der Waals surface area (Å²) in [5, 5.41) is 16.3. The summed E-state index contributed by atoms with van der Waals surface area (Å²) in [5.74, 6) is -0.650. The van der Waals surface area contributed by atoms with E-state index in [-0.39, 0.29) is 96.3 Å². The molecule has 2 aliphatic carbocycles. The number of rotatable bonds is 22. The number of benzene rings is 1. The van der Waals surface area contributed by atoms with Crippen molar-refractivity contribution in [3.8, 4) is 0 Å². The Bertz CT molecular complexity index is 2250. The molecule has 70 heavy (non-hydrogen) atoms. The fraction of sp³-hybridized carbons (Fsp3) is 0.640. The molecule has 4 fully saturated rings. The zero-order chi connectivity index (χ0) is 49.8. The lowest BCUT2D eigenvalue weighted by atomic mass is 9.83. The van der Waals surface area contributed by atoms with Crippen molar-refractivity contribution in [3.05, 3.63) is 60.2 Å². The minimum atomic E-state index is -4.55. The number of aromatic nitrogens is 3. The number of hydrogen-bond donors (Lipinski definition) is 5. The van der Waals surface area contributed by atoms with Crippen LogP contribution in [0.4, 0.5) is 19.0 Å². The van der Waals surface area contributed by atoms with Gasteiger partial charge in [0.15, 0.2) is 0 Å². The first-order valence-electron chi connectivity index (χ1n) is 25.0. The summed E-state index contributed by atoms with van der Waals surface area (Å²) in [6.45, 7) is 7.65. The Labute approximate surface area is 407 Å². The average molecular weight is 979 g/mol. The summed E-state index contributed by atoms with van der Waals surface area (Å²) in [6.07, 6.45) is 6.92. The third-order valence-corrected chi connectivity index (χ3v) is 14.1. The van der Waals surface area contributed by atoms with Gasteiger partial charge in [0.2, 0.25) is 29.5 Å². The number of carbonyl (C=O) groups excluding carboxylic acids is 5. The van der Waals surface area contributed by atoms with Crippen molar-refractivity contribution in [1.29, 1.82) is 0 Å². The zero-order valence-corrected chi connectivity index (χ0v) is 40.5. The molecule has 2 aromatic heterocycles. The number of pyridine rings is 1. The molecule has 382 valence electrons. The molecule has 0 radical (unpaired) electrons. The predicted octanol–water partition coefficient (Wildman–Crippen LogP) is 4.92. The van der Waals surface area contributed by atoms with Gasteiger partial charge in [0.05, 0.1) is 41.7 Å². The van der Waals surface area contributed by atoms with Crippen LogP contribution in [0.1, 0.15) is 108 Å². The number of ether oxygens (including phenoxy) is 2. The molecule has 7 rings (SSSR count). The van der Waals surface area contributed by atoms with Crippen molar-refractivity contribution in [2.45, 2.75) is 133 Å². The Morgan fingerprint density at radius 2 is 1.64 bits per heavy atom. The van der Waals surface area contributed by atoms with E-state index in [1.807, 2.05) is 11.0 Å². The van der Waals surface area contributed by atoms with Crippen molar-refractivity contribution in [3.63, 3.8) is 0 Å². The van der Waals surface area contributed by atoms with E-state index in [4.69, 9.17) is 9.47 Å². The molecule has 5 amide bonds. The highest BCUT2D eigenvalue weighted by Gasteiger charge is 2.44. The molecule has 4 aliphatic rings. The minimum Gasteiger partial charge on any atom is -0.381 e. The van der Waals surface area contributed by atoms with Crippen LogP contribution in [-0.2, 0) is 39.6 Å². The van der Waals surface area contributed by atoms with Gasteiger partial charge >= 0.3 is 6.18 Å². The minimum absolute atomic E-state index is 0.0370. The molecule has 17 nitrogen and oxygen atoms in total. The molecule has 0 spiro atoms. The second-order valence-electron chi connectivity index (χ2n) is 19.6. The number of likely N-dealkylation sites (tertiary alicyclic amines) is 2. The van der Waals surface area contributed by atoms with E-state index in [0.717, 1.165) is 30.7 Å². The number of amides is 5. The molecule has 4 heterocycles. The molecular weight excluding hydrogens is 910 g/mol. The van der Waals surface area contributed by atoms with Gasteiger partial charge in [-0.05, 0) is 106 Å². The van der Waals surface area contributed by atoms with E-state index in [1.54, 1.807) is 30.4 Å². The topological polar surface area (TPSA) is 209 Å². The number of nitrogens with zero attached hydrogens (tertiary/aromatic N) is 5. The van der Waals surface area contributed by atoms with Crippen LogP contribution >= 0.6 is 0 Å². The van der Waals surface area contributed by atoms with E-state index in [9.17, 15) is 37.1 Å². The maximum atomic E-state index is 14.0. The third kappa shape index (κ3) is 13.9. The Hall–Kier alpha value is -5.47. The fourth-order valence-electron chi connectivity index (χ4n) is 10.3. The van der Waals surface area contributed by atoms with Crippen LogP contribution in [0.3, 0.4) is 0 Å². The predicted molar refractivity (Wildman–Crippen MR) is 255 cm³/mol. The van der Waals surface area contributed by atoms with E-state index in [1.165, 1.54) is 12.4 Å².